The Hall–Kier alpha value is -2.23. The Bertz CT molecular complexity index is 1110. The number of hydrogen-bond acceptors (Lipinski definition) is 2. The van der Waals surface area contributed by atoms with Crippen LogP contribution in [0.3, 0.4) is 0 Å². The lowest BCUT2D eigenvalue weighted by Gasteiger charge is -2.63. The second kappa shape index (κ2) is 5.27. The third-order valence-electron chi connectivity index (χ3n) is 9.08. The predicted molar refractivity (Wildman–Crippen MR) is 115 cm³/mol. The Morgan fingerprint density at radius 2 is 1.69 bits per heavy atom. The van der Waals surface area contributed by atoms with Crippen molar-refractivity contribution in [3.8, 4) is 0 Å². The van der Waals surface area contributed by atoms with Crippen molar-refractivity contribution in [2.75, 3.05) is 4.90 Å². The van der Waals surface area contributed by atoms with Crippen molar-refractivity contribution < 1.29 is 0 Å². The van der Waals surface area contributed by atoms with Crippen molar-refractivity contribution in [1.29, 1.82) is 0 Å². The van der Waals surface area contributed by atoms with Crippen LogP contribution in [-0.2, 0) is 12.6 Å². The standard InChI is InChI=1S/C25H30N4/c1-15-6-4-5-7-21(15)29-16(2)22-23(28-9-8-26-24(28)27(22)3)25(29)19-11-17-10-18(13-19)14-20(25)12-17/h4-9,16-20H,10-14H2,1-3H3. The van der Waals surface area contributed by atoms with Crippen LogP contribution in [-0.4, -0.2) is 14.0 Å². The summed E-state index contributed by atoms with van der Waals surface area (Å²) in [4.78, 5) is 7.61. The topological polar surface area (TPSA) is 25.5 Å². The van der Waals surface area contributed by atoms with Gasteiger partial charge in [0, 0.05) is 25.1 Å². The fourth-order valence-corrected chi connectivity index (χ4v) is 8.47. The first-order valence-corrected chi connectivity index (χ1v) is 11.5. The molecule has 1 aromatic carbocycles. The van der Waals surface area contributed by atoms with Crippen LogP contribution in [0.1, 0.15) is 62.0 Å². The number of rotatable bonds is 1. The molecule has 0 radical (unpaired) electrons. The lowest BCUT2D eigenvalue weighted by molar-refractivity contribution is -0.0623. The van der Waals surface area contributed by atoms with E-state index >= 15 is 0 Å². The molecule has 4 bridgehead atoms. The van der Waals surface area contributed by atoms with Gasteiger partial charge < -0.3 is 9.47 Å². The van der Waals surface area contributed by atoms with Crippen molar-refractivity contribution in [1.82, 2.24) is 14.0 Å². The quantitative estimate of drug-likeness (QED) is 0.573. The third kappa shape index (κ3) is 1.77. The van der Waals surface area contributed by atoms with Crippen molar-refractivity contribution >= 4 is 11.5 Å². The Labute approximate surface area is 172 Å². The molecular weight excluding hydrogens is 356 g/mol. The summed E-state index contributed by atoms with van der Waals surface area (Å²) in [5.74, 6) is 4.55. The van der Waals surface area contributed by atoms with E-state index in [1.807, 2.05) is 6.20 Å². The van der Waals surface area contributed by atoms with Gasteiger partial charge in [-0.25, -0.2) is 4.98 Å². The maximum Gasteiger partial charge on any atom is 0.214 e. The number of aryl methyl sites for hydroxylation is 2. The second-order valence-electron chi connectivity index (χ2n) is 10.4. The minimum absolute atomic E-state index is 0.120. The molecule has 29 heavy (non-hydrogen) atoms. The molecule has 4 aliphatic carbocycles. The van der Waals surface area contributed by atoms with Crippen LogP contribution in [0.25, 0.3) is 5.78 Å². The van der Waals surface area contributed by atoms with Gasteiger partial charge in [0.25, 0.3) is 0 Å². The molecule has 4 nitrogen and oxygen atoms in total. The lowest BCUT2D eigenvalue weighted by Crippen LogP contribution is -2.62. The molecule has 1 unspecified atom stereocenters. The molecule has 4 saturated carbocycles. The first-order valence-electron chi connectivity index (χ1n) is 11.5. The Kier molecular flexibility index (Phi) is 3.01. The molecule has 4 heteroatoms. The van der Waals surface area contributed by atoms with Crippen LogP contribution in [0.4, 0.5) is 5.69 Å². The van der Waals surface area contributed by atoms with Crippen molar-refractivity contribution in [3.05, 3.63) is 53.6 Å². The highest BCUT2D eigenvalue weighted by molar-refractivity contribution is 5.65. The number of hydrogen-bond donors (Lipinski definition) is 0. The van der Waals surface area contributed by atoms with E-state index in [4.69, 9.17) is 4.98 Å². The van der Waals surface area contributed by atoms with Crippen LogP contribution in [0.15, 0.2) is 36.7 Å². The number of aromatic nitrogens is 3. The summed E-state index contributed by atoms with van der Waals surface area (Å²) in [6.45, 7) is 4.73. The van der Waals surface area contributed by atoms with Crippen LogP contribution >= 0.6 is 0 Å². The fraction of sp³-hybridized carbons (Fsp3) is 0.560. The summed E-state index contributed by atoms with van der Waals surface area (Å²) >= 11 is 0. The molecule has 4 fully saturated rings. The molecular formula is C25H30N4. The highest BCUT2D eigenvalue weighted by Gasteiger charge is 2.66. The minimum Gasteiger partial charge on any atom is -0.351 e. The third-order valence-corrected chi connectivity index (χ3v) is 9.08. The zero-order valence-corrected chi connectivity index (χ0v) is 17.7. The van der Waals surface area contributed by atoms with Gasteiger partial charge in [-0.1, -0.05) is 18.2 Å². The summed E-state index contributed by atoms with van der Waals surface area (Å²) in [6, 6.07) is 9.45. The average molecular weight is 387 g/mol. The van der Waals surface area contributed by atoms with E-state index in [-0.39, 0.29) is 5.54 Å². The number of benzene rings is 1. The van der Waals surface area contributed by atoms with Crippen molar-refractivity contribution in [3.63, 3.8) is 0 Å². The number of para-hydroxylation sites is 1. The highest BCUT2D eigenvalue weighted by Crippen LogP contribution is 2.68. The molecule has 1 spiro atoms. The van der Waals surface area contributed by atoms with Crippen LogP contribution < -0.4 is 4.90 Å². The maximum absolute atomic E-state index is 4.73. The Balaban J connectivity index is 1.57. The van der Waals surface area contributed by atoms with E-state index in [9.17, 15) is 0 Å². The molecule has 1 aliphatic heterocycles. The SMILES string of the molecule is Cc1ccccc1N1C(C)c2c(n3ccnc3n2C)C12C1CC3CC(C1)CC2C3. The van der Waals surface area contributed by atoms with Gasteiger partial charge in [0.15, 0.2) is 0 Å². The summed E-state index contributed by atoms with van der Waals surface area (Å²) < 4.78 is 4.83. The van der Waals surface area contributed by atoms with Gasteiger partial charge in [0.05, 0.1) is 23.0 Å². The van der Waals surface area contributed by atoms with E-state index in [1.165, 1.54) is 49.0 Å². The number of anilines is 1. The highest BCUT2D eigenvalue weighted by atomic mass is 15.4. The van der Waals surface area contributed by atoms with Gasteiger partial charge in [0.2, 0.25) is 5.78 Å². The van der Waals surface area contributed by atoms with Gasteiger partial charge in [-0.05, 0) is 81.3 Å². The van der Waals surface area contributed by atoms with E-state index in [0.29, 0.717) is 6.04 Å². The van der Waals surface area contributed by atoms with Crippen LogP contribution in [0.2, 0.25) is 0 Å². The summed E-state index contributed by atoms with van der Waals surface area (Å²) in [6.07, 6.45) is 11.3. The second-order valence-corrected chi connectivity index (χ2v) is 10.4. The lowest BCUT2D eigenvalue weighted by atomic mass is 9.47. The first kappa shape index (κ1) is 16.6. The zero-order valence-electron chi connectivity index (χ0n) is 17.7. The van der Waals surface area contributed by atoms with Gasteiger partial charge in [-0.2, -0.15) is 0 Å². The molecule has 3 heterocycles. The average Bonchev–Trinajstić information content (AvgIpc) is 3.34. The number of nitrogens with zero attached hydrogens (tertiary/aromatic N) is 4. The minimum atomic E-state index is 0.120. The van der Waals surface area contributed by atoms with Crippen molar-refractivity contribution in [2.45, 2.75) is 57.5 Å². The van der Waals surface area contributed by atoms with E-state index < -0.39 is 0 Å². The molecule has 0 amide bonds. The predicted octanol–water partition coefficient (Wildman–Crippen LogP) is 5.21. The largest absolute Gasteiger partial charge is 0.351 e. The molecule has 1 atom stereocenters. The van der Waals surface area contributed by atoms with E-state index in [2.05, 4.69) is 65.2 Å². The van der Waals surface area contributed by atoms with Gasteiger partial charge in [0.1, 0.15) is 0 Å². The Morgan fingerprint density at radius 1 is 1.00 bits per heavy atom. The maximum atomic E-state index is 4.73. The molecule has 0 saturated heterocycles. The van der Waals surface area contributed by atoms with Crippen molar-refractivity contribution in [2.24, 2.45) is 30.7 Å². The van der Waals surface area contributed by atoms with Crippen LogP contribution in [0.5, 0.6) is 0 Å². The molecule has 8 rings (SSSR count). The molecule has 3 aromatic rings. The first-order chi connectivity index (χ1) is 14.1. The molecule has 150 valence electrons. The summed E-state index contributed by atoms with van der Waals surface area (Å²) in [5, 5.41) is 0. The molecule has 0 N–H and O–H groups in total. The van der Waals surface area contributed by atoms with Gasteiger partial charge in [-0.3, -0.25) is 4.40 Å². The smallest absolute Gasteiger partial charge is 0.214 e. The van der Waals surface area contributed by atoms with Crippen LogP contribution in [0, 0.1) is 30.6 Å². The summed E-state index contributed by atoms with van der Waals surface area (Å²) in [7, 11) is 2.22. The zero-order chi connectivity index (χ0) is 19.5. The van der Waals surface area contributed by atoms with E-state index in [1.54, 1.807) is 5.69 Å². The van der Waals surface area contributed by atoms with E-state index in [0.717, 1.165) is 29.4 Å². The Morgan fingerprint density at radius 3 is 2.38 bits per heavy atom. The summed E-state index contributed by atoms with van der Waals surface area (Å²) in [5.41, 5.74) is 6.02. The molecule has 5 aliphatic rings. The van der Waals surface area contributed by atoms with Gasteiger partial charge >= 0.3 is 0 Å². The monoisotopic (exact) mass is 386 g/mol. The number of fused-ring (bicyclic) bond motifs is 3. The van der Waals surface area contributed by atoms with Gasteiger partial charge in [-0.15, -0.1) is 0 Å². The molecule has 2 aromatic heterocycles. The fourth-order valence-electron chi connectivity index (χ4n) is 8.47. The normalized spacial score (nSPS) is 37.2. The number of imidazole rings is 2.